The monoisotopic (exact) mass is 462 g/mol. The third-order valence-electron chi connectivity index (χ3n) is 5.63. The number of amides is 2. The van der Waals surface area contributed by atoms with E-state index < -0.39 is 0 Å². The number of hydrogen-bond acceptors (Lipinski definition) is 6. The van der Waals surface area contributed by atoms with Crippen molar-refractivity contribution in [3.8, 4) is 0 Å². The van der Waals surface area contributed by atoms with Gasteiger partial charge >= 0.3 is 0 Å². The Balaban J connectivity index is 1.19. The first-order chi connectivity index (χ1) is 16.1. The highest BCUT2D eigenvalue weighted by molar-refractivity contribution is 7.18. The van der Waals surface area contributed by atoms with Gasteiger partial charge in [0.25, 0.3) is 11.5 Å². The Labute approximate surface area is 193 Å². The summed E-state index contributed by atoms with van der Waals surface area (Å²) in [6, 6.07) is 10.0. The quantitative estimate of drug-likeness (QED) is 0.395. The number of H-pyrrole nitrogens is 1. The van der Waals surface area contributed by atoms with Crippen molar-refractivity contribution in [1.82, 2.24) is 9.97 Å². The predicted octanol–water partition coefficient (Wildman–Crippen LogP) is 4.28. The molecule has 33 heavy (non-hydrogen) atoms. The normalized spacial score (nSPS) is 13.0. The van der Waals surface area contributed by atoms with Crippen LogP contribution in [0.4, 0.5) is 11.4 Å². The van der Waals surface area contributed by atoms with Crippen LogP contribution < -0.4 is 16.2 Å². The lowest BCUT2D eigenvalue weighted by atomic mass is 9.97. The Bertz CT molecular complexity index is 1370. The van der Waals surface area contributed by atoms with Crippen molar-refractivity contribution >= 4 is 44.7 Å². The highest BCUT2D eigenvalue weighted by atomic mass is 32.1. The maximum Gasteiger partial charge on any atom is 0.291 e. The van der Waals surface area contributed by atoms with Crippen LogP contribution in [-0.4, -0.2) is 21.8 Å². The van der Waals surface area contributed by atoms with Crippen LogP contribution in [0.1, 0.15) is 46.1 Å². The highest BCUT2D eigenvalue weighted by Crippen LogP contribution is 2.33. The minimum Gasteiger partial charge on any atom is -0.459 e. The molecule has 1 aliphatic carbocycles. The van der Waals surface area contributed by atoms with E-state index in [1.165, 1.54) is 11.1 Å². The summed E-state index contributed by atoms with van der Waals surface area (Å²) in [7, 11) is 0. The van der Waals surface area contributed by atoms with Gasteiger partial charge in [-0.25, -0.2) is 4.98 Å². The molecule has 9 heteroatoms. The molecule has 0 saturated carbocycles. The molecule has 0 aliphatic heterocycles. The molecule has 0 spiro atoms. The van der Waals surface area contributed by atoms with E-state index >= 15 is 0 Å². The fourth-order valence-corrected chi connectivity index (χ4v) is 5.30. The topological polar surface area (TPSA) is 117 Å². The zero-order valence-electron chi connectivity index (χ0n) is 17.8. The van der Waals surface area contributed by atoms with Gasteiger partial charge in [0.05, 0.1) is 11.6 Å². The average molecular weight is 463 g/mol. The van der Waals surface area contributed by atoms with E-state index in [2.05, 4.69) is 20.6 Å². The predicted molar refractivity (Wildman–Crippen MR) is 127 cm³/mol. The van der Waals surface area contributed by atoms with Gasteiger partial charge in [-0.3, -0.25) is 14.4 Å². The molecule has 0 atom stereocenters. The van der Waals surface area contributed by atoms with Gasteiger partial charge in [-0.1, -0.05) is 0 Å². The third-order valence-corrected chi connectivity index (χ3v) is 6.82. The third kappa shape index (κ3) is 4.58. The fourth-order valence-electron chi connectivity index (χ4n) is 4.02. The molecule has 1 aliphatic rings. The molecule has 2 amide bonds. The van der Waals surface area contributed by atoms with Crippen LogP contribution in [0.2, 0.25) is 0 Å². The van der Waals surface area contributed by atoms with E-state index in [9.17, 15) is 14.4 Å². The number of nitrogens with zero attached hydrogens (tertiary/aromatic N) is 1. The zero-order valence-corrected chi connectivity index (χ0v) is 18.6. The average Bonchev–Trinajstić information content (AvgIpc) is 3.47. The number of rotatable bonds is 6. The molecule has 8 nitrogen and oxygen atoms in total. The molecule has 0 radical (unpaired) electrons. The number of aromatic nitrogens is 2. The Morgan fingerprint density at radius 3 is 2.58 bits per heavy atom. The number of nitrogens with one attached hydrogen (secondary N) is 3. The summed E-state index contributed by atoms with van der Waals surface area (Å²) in [6.07, 6.45) is 6.18. The molecule has 4 aromatic rings. The number of aromatic amines is 1. The van der Waals surface area contributed by atoms with Crippen molar-refractivity contribution in [2.75, 3.05) is 10.6 Å². The molecular formula is C24H22N4O4S. The van der Waals surface area contributed by atoms with Crippen molar-refractivity contribution in [1.29, 1.82) is 0 Å². The molecule has 1 aromatic carbocycles. The van der Waals surface area contributed by atoms with Crippen molar-refractivity contribution in [3.63, 3.8) is 0 Å². The van der Waals surface area contributed by atoms with E-state index in [1.807, 2.05) is 0 Å². The lowest BCUT2D eigenvalue weighted by molar-refractivity contribution is -0.116. The van der Waals surface area contributed by atoms with E-state index in [-0.39, 0.29) is 29.6 Å². The minimum absolute atomic E-state index is 0.109. The van der Waals surface area contributed by atoms with Crippen LogP contribution in [-0.2, 0) is 24.1 Å². The maximum atomic E-state index is 12.6. The summed E-state index contributed by atoms with van der Waals surface area (Å²) in [5, 5.41) is 6.27. The largest absolute Gasteiger partial charge is 0.459 e. The SMILES string of the molecule is O=C(CCc1nc2sc3c(c2c(=O)[nH]1)CCCC3)Nc1ccc(NC(=O)c2ccco2)cc1. The second-order valence-electron chi connectivity index (χ2n) is 7.96. The van der Waals surface area contributed by atoms with Gasteiger partial charge in [0.2, 0.25) is 5.91 Å². The van der Waals surface area contributed by atoms with E-state index in [4.69, 9.17) is 4.42 Å². The summed E-state index contributed by atoms with van der Waals surface area (Å²) in [5.74, 6) is 0.217. The molecule has 3 heterocycles. The lowest BCUT2D eigenvalue weighted by Crippen LogP contribution is -2.16. The van der Waals surface area contributed by atoms with Crippen molar-refractivity contribution in [2.45, 2.75) is 38.5 Å². The maximum absolute atomic E-state index is 12.6. The smallest absolute Gasteiger partial charge is 0.291 e. The number of carbonyl (C=O) groups excluding carboxylic acids is 2. The number of anilines is 2. The second kappa shape index (κ2) is 9.03. The van der Waals surface area contributed by atoms with Crippen LogP contribution >= 0.6 is 11.3 Å². The molecule has 5 rings (SSSR count). The highest BCUT2D eigenvalue weighted by Gasteiger charge is 2.20. The van der Waals surface area contributed by atoms with Gasteiger partial charge in [0, 0.05) is 29.1 Å². The van der Waals surface area contributed by atoms with Crippen molar-refractivity contribution in [3.05, 3.63) is 75.0 Å². The Morgan fingerprint density at radius 1 is 1.06 bits per heavy atom. The van der Waals surface area contributed by atoms with Gasteiger partial charge < -0.3 is 20.0 Å². The molecule has 168 valence electrons. The van der Waals surface area contributed by atoms with Gasteiger partial charge in [-0.15, -0.1) is 11.3 Å². The molecule has 0 bridgehead atoms. The Kier molecular flexibility index (Phi) is 5.78. The molecule has 3 aromatic heterocycles. The summed E-state index contributed by atoms with van der Waals surface area (Å²) < 4.78 is 5.06. The zero-order chi connectivity index (χ0) is 22.8. The molecule has 3 N–H and O–H groups in total. The minimum atomic E-state index is -0.346. The standard InChI is InChI=1S/C24H22N4O4S/c29-20(25-14-7-9-15(10-8-14)26-22(30)17-5-3-13-32-17)12-11-19-27-23(31)21-16-4-1-2-6-18(16)33-24(21)28-19/h3,5,7-10,13H,1-2,4,6,11-12H2,(H,25,29)(H,26,30)(H,27,28,31). The van der Waals surface area contributed by atoms with Crippen molar-refractivity contribution in [2.24, 2.45) is 0 Å². The molecular weight excluding hydrogens is 440 g/mol. The van der Waals surface area contributed by atoms with Crippen LogP contribution in [0.25, 0.3) is 10.2 Å². The molecule has 0 unspecified atom stereocenters. The number of thiophene rings is 1. The second-order valence-corrected chi connectivity index (χ2v) is 9.04. The summed E-state index contributed by atoms with van der Waals surface area (Å²) >= 11 is 1.60. The van der Waals surface area contributed by atoms with Crippen LogP contribution in [0, 0.1) is 0 Å². The number of hydrogen-bond donors (Lipinski definition) is 3. The molecule has 0 fully saturated rings. The first-order valence-corrected chi connectivity index (χ1v) is 11.7. The van der Waals surface area contributed by atoms with E-state index in [0.29, 0.717) is 23.6 Å². The Morgan fingerprint density at radius 2 is 1.82 bits per heavy atom. The molecule has 0 saturated heterocycles. The number of benzene rings is 1. The van der Waals surface area contributed by atoms with Crippen LogP contribution in [0.5, 0.6) is 0 Å². The number of carbonyl (C=O) groups is 2. The van der Waals surface area contributed by atoms with E-state index in [1.54, 1.807) is 47.7 Å². The van der Waals surface area contributed by atoms with Crippen LogP contribution in [0.3, 0.4) is 0 Å². The number of aryl methyl sites for hydroxylation is 3. The summed E-state index contributed by atoms with van der Waals surface area (Å²) in [5.41, 5.74) is 2.24. The van der Waals surface area contributed by atoms with Gasteiger partial charge in [0.1, 0.15) is 10.7 Å². The van der Waals surface area contributed by atoms with Gasteiger partial charge in [-0.2, -0.15) is 0 Å². The number of furan rings is 1. The first-order valence-electron chi connectivity index (χ1n) is 10.8. The van der Waals surface area contributed by atoms with Crippen molar-refractivity contribution < 1.29 is 14.0 Å². The lowest BCUT2D eigenvalue weighted by Gasteiger charge is -2.09. The fraction of sp³-hybridized carbons (Fsp3) is 0.250. The van der Waals surface area contributed by atoms with E-state index in [0.717, 1.165) is 41.5 Å². The first kappa shape index (κ1) is 21.1. The van der Waals surface area contributed by atoms with Gasteiger partial charge in [0.15, 0.2) is 5.76 Å². The Hall–Kier alpha value is -3.72. The van der Waals surface area contributed by atoms with Gasteiger partial charge in [-0.05, 0) is 67.6 Å². The summed E-state index contributed by atoms with van der Waals surface area (Å²) in [4.78, 5) is 46.6. The number of fused-ring (bicyclic) bond motifs is 3. The summed E-state index contributed by atoms with van der Waals surface area (Å²) in [6.45, 7) is 0. The van der Waals surface area contributed by atoms with Crippen LogP contribution in [0.15, 0.2) is 51.9 Å².